The summed E-state index contributed by atoms with van der Waals surface area (Å²) in [5.74, 6) is 0.0397. The summed E-state index contributed by atoms with van der Waals surface area (Å²) in [6, 6.07) is 0.156. The van der Waals surface area contributed by atoms with Crippen molar-refractivity contribution in [1.29, 1.82) is 0 Å². The van der Waals surface area contributed by atoms with Gasteiger partial charge in [0, 0.05) is 13.0 Å². The number of carbonyl (C=O) groups excluding carboxylic acids is 1. The number of nitrogens with zero attached hydrogens (tertiary/aromatic N) is 3. The highest BCUT2D eigenvalue weighted by Crippen LogP contribution is 2.12. The van der Waals surface area contributed by atoms with Crippen LogP contribution in [0.25, 0.3) is 0 Å². The Kier molecular flexibility index (Phi) is 3.51. The first kappa shape index (κ1) is 11.1. The van der Waals surface area contributed by atoms with Crippen LogP contribution in [-0.2, 0) is 16.1 Å². The number of aryl methyl sites for hydroxylation is 1. The second-order valence-electron chi connectivity index (χ2n) is 3.95. The van der Waals surface area contributed by atoms with Crippen LogP contribution < -0.4 is 5.32 Å². The quantitative estimate of drug-likeness (QED) is 0.779. The largest absolute Gasteiger partial charge is 0.376 e. The molecule has 0 bridgehead atoms. The fraction of sp³-hybridized carbons (Fsp3) is 0.700. The summed E-state index contributed by atoms with van der Waals surface area (Å²) in [7, 11) is 0. The molecule has 2 atom stereocenters. The van der Waals surface area contributed by atoms with E-state index in [0.29, 0.717) is 13.0 Å². The van der Waals surface area contributed by atoms with E-state index in [1.54, 1.807) is 11.0 Å². The number of hydrogen-bond acceptors (Lipinski definition) is 4. The maximum atomic E-state index is 11.6. The normalized spacial score (nSPS) is 24.6. The molecule has 1 aliphatic heterocycles. The van der Waals surface area contributed by atoms with E-state index >= 15 is 0 Å². The Bertz CT molecular complexity index is 339. The van der Waals surface area contributed by atoms with Crippen LogP contribution in [-0.4, -0.2) is 39.4 Å². The number of amides is 1. The number of carbonyl (C=O) groups is 1. The maximum Gasteiger partial charge on any atom is 0.222 e. The van der Waals surface area contributed by atoms with Crippen LogP contribution in [0.15, 0.2) is 12.7 Å². The smallest absolute Gasteiger partial charge is 0.222 e. The Labute approximate surface area is 94.0 Å². The summed E-state index contributed by atoms with van der Waals surface area (Å²) >= 11 is 0. The van der Waals surface area contributed by atoms with Crippen molar-refractivity contribution in [1.82, 2.24) is 20.1 Å². The lowest BCUT2D eigenvalue weighted by Gasteiger charge is -2.15. The molecule has 0 radical (unpaired) electrons. The molecule has 6 heteroatoms. The molecule has 1 N–H and O–H groups in total. The molecule has 1 fully saturated rings. The van der Waals surface area contributed by atoms with Gasteiger partial charge in [0.15, 0.2) is 0 Å². The Morgan fingerprint density at radius 2 is 2.56 bits per heavy atom. The van der Waals surface area contributed by atoms with Gasteiger partial charge in [-0.15, -0.1) is 0 Å². The van der Waals surface area contributed by atoms with E-state index in [1.807, 2.05) is 6.92 Å². The first-order chi connectivity index (χ1) is 7.75. The van der Waals surface area contributed by atoms with E-state index < -0.39 is 0 Å². The van der Waals surface area contributed by atoms with E-state index in [0.717, 1.165) is 13.0 Å². The van der Waals surface area contributed by atoms with Gasteiger partial charge >= 0.3 is 0 Å². The van der Waals surface area contributed by atoms with Gasteiger partial charge in [0.25, 0.3) is 0 Å². The molecule has 16 heavy (non-hydrogen) atoms. The fourth-order valence-corrected chi connectivity index (χ4v) is 1.76. The number of hydrogen-bond donors (Lipinski definition) is 1. The molecular formula is C10H16N4O2. The van der Waals surface area contributed by atoms with Gasteiger partial charge in [-0.05, 0) is 13.3 Å². The van der Waals surface area contributed by atoms with Crippen molar-refractivity contribution in [3.05, 3.63) is 12.7 Å². The fourth-order valence-electron chi connectivity index (χ4n) is 1.76. The standard InChI is InChI=1S/C10H16N4O2/c1-8-9(3-5-16-8)13-10(15)2-4-14-7-11-6-12-14/h6-9H,2-5H2,1H3,(H,13,15)/t8-,9-/m1/s1. The van der Waals surface area contributed by atoms with Gasteiger partial charge in [-0.25, -0.2) is 4.98 Å². The molecular weight excluding hydrogens is 208 g/mol. The minimum absolute atomic E-state index is 0.0397. The van der Waals surface area contributed by atoms with Crippen LogP contribution in [0.4, 0.5) is 0 Å². The highest BCUT2D eigenvalue weighted by atomic mass is 16.5. The Morgan fingerprint density at radius 3 is 3.19 bits per heavy atom. The van der Waals surface area contributed by atoms with Gasteiger partial charge in [-0.1, -0.05) is 0 Å². The molecule has 1 aliphatic rings. The third kappa shape index (κ3) is 2.79. The molecule has 1 aromatic rings. The van der Waals surface area contributed by atoms with E-state index in [1.165, 1.54) is 6.33 Å². The zero-order chi connectivity index (χ0) is 11.4. The average Bonchev–Trinajstić information content (AvgIpc) is 2.88. The first-order valence-electron chi connectivity index (χ1n) is 5.49. The second-order valence-corrected chi connectivity index (χ2v) is 3.95. The lowest BCUT2D eigenvalue weighted by molar-refractivity contribution is -0.122. The Morgan fingerprint density at radius 1 is 1.69 bits per heavy atom. The first-order valence-corrected chi connectivity index (χ1v) is 5.49. The number of ether oxygens (including phenoxy) is 1. The van der Waals surface area contributed by atoms with E-state index in [-0.39, 0.29) is 18.1 Å². The minimum Gasteiger partial charge on any atom is -0.376 e. The van der Waals surface area contributed by atoms with E-state index in [2.05, 4.69) is 15.4 Å². The third-order valence-corrected chi connectivity index (χ3v) is 2.76. The van der Waals surface area contributed by atoms with Crippen LogP contribution in [0.3, 0.4) is 0 Å². The molecule has 0 aromatic carbocycles. The highest BCUT2D eigenvalue weighted by Gasteiger charge is 2.25. The zero-order valence-electron chi connectivity index (χ0n) is 9.30. The average molecular weight is 224 g/mol. The molecule has 2 heterocycles. The van der Waals surface area contributed by atoms with Crippen molar-refractivity contribution >= 4 is 5.91 Å². The van der Waals surface area contributed by atoms with Crippen LogP contribution in [0, 0.1) is 0 Å². The topological polar surface area (TPSA) is 69.0 Å². The van der Waals surface area contributed by atoms with Crippen molar-refractivity contribution in [2.45, 2.75) is 38.5 Å². The summed E-state index contributed by atoms with van der Waals surface area (Å²) in [5.41, 5.74) is 0. The van der Waals surface area contributed by atoms with Crippen LogP contribution >= 0.6 is 0 Å². The molecule has 6 nitrogen and oxygen atoms in total. The van der Waals surface area contributed by atoms with Crippen molar-refractivity contribution < 1.29 is 9.53 Å². The SMILES string of the molecule is C[C@H]1OCC[C@H]1NC(=O)CCn1cncn1. The van der Waals surface area contributed by atoms with Gasteiger partial charge in [0.1, 0.15) is 12.7 Å². The summed E-state index contributed by atoms with van der Waals surface area (Å²) in [6.45, 7) is 3.28. The highest BCUT2D eigenvalue weighted by molar-refractivity contribution is 5.76. The Hall–Kier alpha value is -1.43. The van der Waals surface area contributed by atoms with Gasteiger partial charge in [-0.2, -0.15) is 5.10 Å². The van der Waals surface area contributed by atoms with Crippen molar-refractivity contribution in [2.75, 3.05) is 6.61 Å². The summed E-state index contributed by atoms with van der Waals surface area (Å²) in [4.78, 5) is 15.4. The third-order valence-electron chi connectivity index (χ3n) is 2.76. The van der Waals surface area contributed by atoms with Crippen LogP contribution in [0.1, 0.15) is 19.8 Å². The molecule has 88 valence electrons. The zero-order valence-corrected chi connectivity index (χ0v) is 9.30. The predicted octanol–water partition coefficient (Wildman–Crippen LogP) is -0.0382. The lowest BCUT2D eigenvalue weighted by Crippen LogP contribution is -2.39. The van der Waals surface area contributed by atoms with Crippen LogP contribution in [0.2, 0.25) is 0 Å². The summed E-state index contributed by atoms with van der Waals surface area (Å²) < 4.78 is 7.02. The van der Waals surface area contributed by atoms with Crippen molar-refractivity contribution in [3.8, 4) is 0 Å². The number of rotatable bonds is 4. The molecule has 1 amide bonds. The second kappa shape index (κ2) is 5.07. The lowest BCUT2D eigenvalue weighted by atomic mass is 10.1. The van der Waals surface area contributed by atoms with Crippen LogP contribution in [0.5, 0.6) is 0 Å². The molecule has 0 saturated carbocycles. The Balaban J connectivity index is 1.72. The monoisotopic (exact) mass is 224 g/mol. The van der Waals surface area contributed by atoms with E-state index in [9.17, 15) is 4.79 Å². The minimum atomic E-state index is 0.0397. The molecule has 2 rings (SSSR count). The van der Waals surface area contributed by atoms with Gasteiger partial charge in [0.2, 0.25) is 5.91 Å². The van der Waals surface area contributed by atoms with Crippen molar-refractivity contribution in [2.24, 2.45) is 0 Å². The van der Waals surface area contributed by atoms with Gasteiger partial charge in [0.05, 0.1) is 18.7 Å². The molecule has 1 aromatic heterocycles. The van der Waals surface area contributed by atoms with Crippen molar-refractivity contribution in [3.63, 3.8) is 0 Å². The molecule has 1 saturated heterocycles. The van der Waals surface area contributed by atoms with Gasteiger partial charge < -0.3 is 10.1 Å². The summed E-state index contributed by atoms with van der Waals surface area (Å²) in [5, 5.41) is 6.90. The summed E-state index contributed by atoms with van der Waals surface area (Å²) in [6.07, 6.45) is 4.51. The number of nitrogens with one attached hydrogen (secondary N) is 1. The number of aromatic nitrogens is 3. The predicted molar refractivity (Wildman–Crippen MR) is 56.6 cm³/mol. The maximum absolute atomic E-state index is 11.6. The molecule has 0 aliphatic carbocycles. The van der Waals surface area contributed by atoms with Gasteiger partial charge in [-0.3, -0.25) is 9.48 Å². The molecule has 0 spiro atoms. The molecule has 0 unspecified atom stereocenters. The van der Waals surface area contributed by atoms with E-state index in [4.69, 9.17) is 4.74 Å².